The van der Waals surface area contributed by atoms with Crippen LogP contribution >= 0.6 is 0 Å². The van der Waals surface area contributed by atoms with Crippen molar-refractivity contribution >= 4 is 27.6 Å². The van der Waals surface area contributed by atoms with Crippen LogP contribution in [0.2, 0.25) is 0 Å². The summed E-state index contributed by atoms with van der Waals surface area (Å²) in [5, 5.41) is 15.0. The Morgan fingerprint density at radius 1 is 1.16 bits per heavy atom. The average Bonchev–Trinajstić information content (AvgIpc) is 3.21. The van der Waals surface area contributed by atoms with Gasteiger partial charge in [-0.25, -0.2) is 4.98 Å². The predicted octanol–water partition coefficient (Wildman–Crippen LogP) is 3.27. The molecular formula is C21H18N6O4S. The second kappa shape index (κ2) is 8.19. The Labute approximate surface area is 183 Å². The molecule has 3 aromatic heterocycles. The third kappa shape index (κ3) is 3.93. The summed E-state index contributed by atoms with van der Waals surface area (Å²) in [5.41, 5.74) is 3.75. The highest BCUT2D eigenvalue weighted by Gasteiger charge is 2.22. The molecule has 0 unspecified atom stereocenters. The van der Waals surface area contributed by atoms with Crippen molar-refractivity contribution in [3.05, 3.63) is 88.6 Å². The molecule has 0 atom stereocenters. The zero-order chi connectivity index (χ0) is 22.9. The summed E-state index contributed by atoms with van der Waals surface area (Å²) in [7, 11) is -2.80. The number of benzene rings is 1. The van der Waals surface area contributed by atoms with Crippen LogP contribution in [0.25, 0.3) is 16.8 Å². The second-order valence-electron chi connectivity index (χ2n) is 6.97. The maximum atomic E-state index is 12.8. The molecule has 162 valence electrons. The first-order chi connectivity index (χ1) is 15.3. The Bertz CT molecular complexity index is 1450. The number of hydrogen-bond acceptors (Lipinski definition) is 7. The molecule has 10 nitrogen and oxygen atoms in total. The Morgan fingerprint density at radius 3 is 2.69 bits per heavy atom. The monoisotopic (exact) mass is 450 g/mol. The van der Waals surface area contributed by atoms with Gasteiger partial charge in [-0.15, -0.1) is 0 Å². The van der Waals surface area contributed by atoms with E-state index in [2.05, 4.69) is 15.1 Å². The SMILES string of the molecule is Cc1cc(-c2cccnc2)cn2c(/C=N/N(C)S(=O)(=O)c3cccc([N+](=O)[O-])c3)cnc12. The fraction of sp³-hybridized carbons (Fsp3) is 0.0952. The fourth-order valence-corrected chi connectivity index (χ4v) is 4.17. The van der Waals surface area contributed by atoms with Crippen LogP contribution in [0, 0.1) is 17.0 Å². The molecule has 0 aliphatic carbocycles. The van der Waals surface area contributed by atoms with Crippen molar-refractivity contribution in [1.29, 1.82) is 0 Å². The van der Waals surface area contributed by atoms with Crippen LogP contribution in [0.3, 0.4) is 0 Å². The van der Waals surface area contributed by atoms with Gasteiger partial charge in [0, 0.05) is 48.9 Å². The van der Waals surface area contributed by atoms with Crippen LogP contribution in [-0.2, 0) is 10.0 Å². The molecule has 0 saturated heterocycles. The number of nitro benzene ring substituents is 1. The molecule has 0 aliphatic rings. The van der Waals surface area contributed by atoms with Gasteiger partial charge in [-0.05, 0) is 30.7 Å². The molecule has 32 heavy (non-hydrogen) atoms. The number of aromatic nitrogens is 3. The highest BCUT2D eigenvalue weighted by Crippen LogP contribution is 2.23. The molecule has 0 spiro atoms. The third-order valence-electron chi connectivity index (χ3n) is 4.84. The van der Waals surface area contributed by atoms with E-state index in [4.69, 9.17) is 0 Å². The van der Waals surface area contributed by atoms with E-state index in [1.807, 2.05) is 35.7 Å². The number of nitro groups is 1. The Balaban J connectivity index is 1.68. The fourth-order valence-electron chi connectivity index (χ4n) is 3.18. The van der Waals surface area contributed by atoms with Gasteiger partial charge in [-0.3, -0.25) is 19.5 Å². The lowest BCUT2D eigenvalue weighted by Crippen LogP contribution is -2.22. The highest BCUT2D eigenvalue weighted by atomic mass is 32.2. The van der Waals surface area contributed by atoms with Gasteiger partial charge in [0.05, 0.1) is 27.9 Å². The quantitative estimate of drug-likeness (QED) is 0.252. The minimum absolute atomic E-state index is 0.223. The summed E-state index contributed by atoms with van der Waals surface area (Å²) in [6, 6.07) is 10.6. The van der Waals surface area contributed by atoms with Gasteiger partial charge in [0.25, 0.3) is 15.7 Å². The minimum Gasteiger partial charge on any atom is -0.298 e. The first kappa shape index (κ1) is 21.1. The summed E-state index contributed by atoms with van der Waals surface area (Å²) < 4.78 is 28.1. The smallest absolute Gasteiger partial charge is 0.278 e. The topological polar surface area (TPSA) is 123 Å². The van der Waals surface area contributed by atoms with Crippen molar-refractivity contribution in [1.82, 2.24) is 18.8 Å². The zero-order valence-electron chi connectivity index (χ0n) is 17.2. The van der Waals surface area contributed by atoms with E-state index in [1.54, 1.807) is 18.6 Å². The first-order valence-corrected chi connectivity index (χ1v) is 10.9. The molecular weight excluding hydrogens is 432 g/mol. The number of sulfonamides is 1. The van der Waals surface area contributed by atoms with E-state index < -0.39 is 14.9 Å². The summed E-state index contributed by atoms with van der Waals surface area (Å²) in [4.78, 5) is 18.6. The number of rotatable bonds is 6. The summed E-state index contributed by atoms with van der Waals surface area (Å²) >= 11 is 0. The maximum Gasteiger partial charge on any atom is 0.278 e. The number of hydrogen-bond donors (Lipinski definition) is 0. The largest absolute Gasteiger partial charge is 0.298 e. The lowest BCUT2D eigenvalue weighted by molar-refractivity contribution is -0.385. The molecule has 0 N–H and O–H groups in total. The van der Waals surface area contributed by atoms with E-state index in [1.165, 1.54) is 31.5 Å². The van der Waals surface area contributed by atoms with Gasteiger partial charge >= 0.3 is 0 Å². The predicted molar refractivity (Wildman–Crippen MR) is 119 cm³/mol. The van der Waals surface area contributed by atoms with Crippen molar-refractivity contribution in [2.45, 2.75) is 11.8 Å². The van der Waals surface area contributed by atoms with Gasteiger partial charge < -0.3 is 0 Å². The van der Waals surface area contributed by atoms with Crippen LogP contribution in [0.1, 0.15) is 11.3 Å². The molecule has 0 radical (unpaired) electrons. The number of aryl methyl sites for hydroxylation is 1. The van der Waals surface area contributed by atoms with Crippen LogP contribution in [-0.4, -0.2) is 45.4 Å². The normalized spacial score (nSPS) is 11.8. The first-order valence-electron chi connectivity index (χ1n) is 9.43. The highest BCUT2D eigenvalue weighted by molar-refractivity contribution is 7.89. The second-order valence-corrected chi connectivity index (χ2v) is 8.92. The summed E-state index contributed by atoms with van der Waals surface area (Å²) in [6.45, 7) is 1.93. The van der Waals surface area contributed by atoms with E-state index in [0.717, 1.165) is 27.2 Å². The van der Waals surface area contributed by atoms with E-state index >= 15 is 0 Å². The Morgan fingerprint density at radius 2 is 1.97 bits per heavy atom. The zero-order valence-corrected chi connectivity index (χ0v) is 18.0. The van der Waals surface area contributed by atoms with Crippen LogP contribution in [0.4, 0.5) is 5.69 Å². The lowest BCUT2D eigenvalue weighted by atomic mass is 10.1. The number of non-ortho nitro benzene ring substituents is 1. The standard InChI is InChI=1S/C21H18N6O4S/c1-15-9-17(16-5-4-8-22-11-16)14-26-19(12-23-21(15)26)13-24-25(2)32(30,31)20-7-3-6-18(10-20)27(28)29/h3-14H,1-2H3/b24-13+. The molecule has 0 aliphatic heterocycles. The van der Waals surface area contributed by atoms with Crippen LogP contribution < -0.4 is 0 Å². The van der Waals surface area contributed by atoms with E-state index in [0.29, 0.717) is 11.3 Å². The van der Waals surface area contributed by atoms with Gasteiger partial charge in [-0.2, -0.15) is 17.9 Å². The number of imidazole rings is 1. The van der Waals surface area contributed by atoms with Crippen molar-refractivity contribution in [3.8, 4) is 11.1 Å². The number of fused-ring (bicyclic) bond motifs is 1. The molecule has 4 rings (SSSR count). The molecule has 0 fully saturated rings. The van der Waals surface area contributed by atoms with Gasteiger partial charge in [-0.1, -0.05) is 12.1 Å². The minimum atomic E-state index is -4.07. The Hall–Kier alpha value is -4.12. The molecule has 0 bridgehead atoms. The molecule has 11 heteroatoms. The van der Waals surface area contributed by atoms with Crippen LogP contribution in [0.15, 0.2) is 77.2 Å². The van der Waals surface area contributed by atoms with Gasteiger partial charge in [0.15, 0.2) is 0 Å². The van der Waals surface area contributed by atoms with Crippen molar-refractivity contribution in [2.24, 2.45) is 5.10 Å². The van der Waals surface area contributed by atoms with Crippen molar-refractivity contribution in [3.63, 3.8) is 0 Å². The third-order valence-corrected chi connectivity index (χ3v) is 6.48. The average molecular weight is 450 g/mol. The summed E-state index contributed by atoms with van der Waals surface area (Å²) in [5.74, 6) is 0. The van der Waals surface area contributed by atoms with Crippen LogP contribution in [0.5, 0.6) is 0 Å². The van der Waals surface area contributed by atoms with Crippen molar-refractivity contribution < 1.29 is 13.3 Å². The summed E-state index contributed by atoms with van der Waals surface area (Å²) in [6.07, 6.45) is 8.29. The number of pyridine rings is 2. The molecule has 3 heterocycles. The molecule has 0 amide bonds. The lowest BCUT2D eigenvalue weighted by Gasteiger charge is -2.13. The van der Waals surface area contributed by atoms with Gasteiger partial charge in [0.2, 0.25) is 0 Å². The number of nitrogens with zero attached hydrogens (tertiary/aromatic N) is 6. The van der Waals surface area contributed by atoms with E-state index in [-0.39, 0.29) is 10.6 Å². The maximum absolute atomic E-state index is 12.8. The van der Waals surface area contributed by atoms with E-state index in [9.17, 15) is 18.5 Å². The molecule has 0 saturated carbocycles. The van der Waals surface area contributed by atoms with Crippen molar-refractivity contribution in [2.75, 3.05) is 7.05 Å². The Kier molecular flexibility index (Phi) is 5.41. The van der Waals surface area contributed by atoms with Gasteiger partial charge in [0.1, 0.15) is 5.65 Å². The molecule has 4 aromatic rings. The molecule has 1 aromatic carbocycles. The number of hydrazone groups is 1.